The maximum absolute atomic E-state index is 6.01. The molecule has 2 unspecified atom stereocenters. The first-order valence-corrected chi connectivity index (χ1v) is 14.2. The molecule has 2 aliphatic carbocycles. The SMILES string of the molecule is CC(N=C(N)NC(N)=NCCCCCCN=C(N)NC(N)=NC(C)C1CCCCC1)C1CCCCC1. The van der Waals surface area contributed by atoms with Gasteiger partial charge in [-0.15, -0.1) is 0 Å². The van der Waals surface area contributed by atoms with E-state index in [1.54, 1.807) is 0 Å². The molecular weight excluding hydrogens is 452 g/mol. The van der Waals surface area contributed by atoms with Crippen LogP contribution in [0.3, 0.4) is 0 Å². The van der Waals surface area contributed by atoms with Crippen molar-refractivity contribution in [2.45, 2.75) is 116 Å². The number of guanidine groups is 4. The molecule has 0 heterocycles. The second-order valence-corrected chi connectivity index (χ2v) is 10.5. The Hall–Kier alpha value is -2.52. The van der Waals surface area contributed by atoms with E-state index in [1.807, 2.05) is 0 Å². The third-order valence-corrected chi connectivity index (χ3v) is 7.49. The molecule has 2 aliphatic rings. The molecule has 0 bridgehead atoms. The molecule has 206 valence electrons. The van der Waals surface area contributed by atoms with Gasteiger partial charge in [0.05, 0.1) is 12.1 Å². The normalized spacial score (nSPS) is 21.3. The Morgan fingerprint density at radius 2 is 0.944 bits per heavy atom. The van der Waals surface area contributed by atoms with Gasteiger partial charge in [-0.05, 0) is 64.2 Å². The highest BCUT2D eigenvalue weighted by Gasteiger charge is 2.20. The van der Waals surface area contributed by atoms with Crippen LogP contribution in [0.25, 0.3) is 0 Å². The Morgan fingerprint density at radius 3 is 1.31 bits per heavy atom. The van der Waals surface area contributed by atoms with Crippen LogP contribution in [0.15, 0.2) is 20.0 Å². The highest BCUT2D eigenvalue weighted by atomic mass is 15.2. The minimum absolute atomic E-state index is 0.214. The predicted molar refractivity (Wildman–Crippen MR) is 153 cm³/mol. The van der Waals surface area contributed by atoms with Crippen LogP contribution in [-0.4, -0.2) is 49.0 Å². The fourth-order valence-electron chi connectivity index (χ4n) is 5.26. The van der Waals surface area contributed by atoms with Crippen LogP contribution in [0.4, 0.5) is 0 Å². The summed E-state index contributed by atoms with van der Waals surface area (Å²) in [7, 11) is 0. The fourth-order valence-corrected chi connectivity index (χ4v) is 5.26. The number of nitrogens with two attached hydrogens (primary N) is 4. The van der Waals surface area contributed by atoms with Gasteiger partial charge in [0.15, 0.2) is 23.8 Å². The lowest BCUT2D eigenvalue weighted by atomic mass is 9.85. The van der Waals surface area contributed by atoms with Crippen LogP contribution in [0, 0.1) is 11.8 Å². The van der Waals surface area contributed by atoms with Gasteiger partial charge in [-0.25, -0.2) is 9.98 Å². The Bertz CT molecular complexity index is 671. The molecule has 10 nitrogen and oxygen atoms in total. The highest BCUT2D eigenvalue weighted by molar-refractivity contribution is 5.97. The van der Waals surface area contributed by atoms with Gasteiger partial charge in [0.1, 0.15) is 0 Å². The first-order chi connectivity index (χ1) is 17.3. The van der Waals surface area contributed by atoms with Crippen LogP contribution in [0.1, 0.15) is 104 Å². The molecule has 0 aromatic carbocycles. The zero-order valence-electron chi connectivity index (χ0n) is 22.7. The van der Waals surface area contributed by atoms with Crippen molar-refractivity contribution >= 4 is 23.8 Å². The molecule has 0 spiro atoms. The molecule has 0 aliphatic heterocycles. The van der Waals surface area contributed by atoms with Gasteiger partial charge in [-0.1, -0.05) is 51.4 Å². The van der Waals surface area contributed by atoms with Crippen molar-refractivity contribution in [1.29, 1.82) is 0 Å². The Morgan fingerprint density at radius 1 is 0.583 bits per heavy atom. The molecule has 0 saturated heterocycles. The lowest BCUT2D eigenvalue weighted by molar-refractivity contribution is 0.317. The molecule has 10 N–H and O–H groups in total. The summed E-state index contributed by atoms with van der Waals surface area (Å²) in [6.45, 7) is 5.58. The summed E-state index contributed by atoms with van der Waals surface area (Å²) < 4.78 is 0. The molecule has 0 aromatic heterocycles. The van der Waals surface area contributed by atoms with E-state index in [1.165, 1.54) is 64.2 Å². The van der Waals surface area contributed by atoms with E-state index in [-0.39, 0.29) is 12.1 Å². The summed E-state index contributed by atoms with van der Waals surface area (Å²) in [4.78, 5) is 17.8. The molecule has 2 rings (SSSR count). The average molecular weight is 505 g/mol. The predicted octanol–water partition coefficient (Wildman–Crippen LogP) is 2.92. The first kappa shape index (κ1) is 29.7. The first-order valence-electron chi connectivity index (χ1n) is 14.2. The van der Waals surface area contributed by atoms with Gasteiger partial charge in [0, 0.05) is 13.1 Å². The van der Waals surface area contributed by atoms with Crippen molar-refractivity contribution in [3.05, 3.63) is 0 Å². The van der Waals surface area contributed by atoms with E-state index in [2.05, 4.69) is 44.5 Å². The summed E-state index contributed by atoms with van der Waals surface area (Å²) in [5.41, 5.74) is 23.9. The van der Waals surface area contributed by atoms with Gasteiger partial charge >= 0.3 is 0 Å². The topological polar surface area (TPSA) is 178 Å². The van der Waals surface area contributed by atoms with Crippen molar-refractivity contribution in [2.24, 2.45) is 54.7 Å². The smallest absolute Gasteiger partial charge is 0.195 e. The monoisotopic (exact) mass is 504 g/mol. The van der Waals surface area contributed by atoms with Crippen LogP contribution in [0.2, 0.25) is 0 Å². The van der Waals surface area contributed by atoms with E-state index in [9.17, 15) is 0 Å². The largest absolute Gasteiger partial charge is 0.370 e. The second kappa shape index (κ2) is 17.0. The molecule has 2 atom stereocenters. The van der Waals surface area contributed by atoms with Gasteiger partial charge in [0.25, 0.3) is 0 Å². The van der Waals surface area contributed by atoms with Crippen molar-refractivity contribution in [1.82, 2.24) is 10.6 Å². The second-order valence-electron chi connectivity index (χ2n) is 10.5. The Labute approximate surface area is 218 Å². The van der Waals surface area contributed by atoms with Crippen LogP contribution < -0.4 is 33.6 Å². The van der Waals surface area contributed by atoms with Crippen LogP contribution >= 0.6 is 0 Å². The van der Waals surface area contributed by atoms with E-state index in [4.69, 9.17) is 22.9 Å². The summed E-state index contributed by atoms with van der Waals surface area (Å²) >= 11 is 0. The molecule has 10 heteroatoms. The summed E-state index contributed by atoms with van der Waals surface area (Å²) in [5, 5.41) is 5.83. The van der Waals surface area contributed by atoms with Gasteiger partial charge in [0.2, 0.25) is 0 Å². The number of unbranched alkanes of at least 4 members (excludes halogenated alkanes) is 3. The minimum Gasteiger partial charge on any atom is -0.370 e. The van der Waals surface area contributed by atoms with E-state index in [0.29, 0.717) is 48.8 Å². The third kappa shape index (κ3) is 12.4. The number of rotatable bonds is 11. The summed E-state index contributed by atoms with van der Waals surface area (Å²) in [6, 6.07) is 0.428. The Kier molecular flexibility index (Phi) is 14.1. The third-order valence-electron chi connectivity index (χ3n) is 7.49. The van der Waals surface area contributed by atoms with E-state index in [0.717, 1.165) is 25.7 Å². The van der Waals surface area contributed by atoms with E-state index >= 15 is 0 Å². The maximum Gasteiger partial charge on any atom is 0.195 e. The molecule has 0 amide bonds. The quantitative estimate of drug-likeness (QED) is 0.143. The highest BCUT2D eigenvalue weighted by Crippen LogP contribution is 2.28. The number of nitrogens with zero attached hydrogens (tertiary/aromatic N) is 4. The molecule has 36 heavy (non-hydrogen) atoms. The average Bonchev–Trinajstić information content (AvgIpc) is 2.86. The minimum atomic E-state index is 0.214. The number of nitrogens with one attached hydrogen (secondary N) is 2. The van der Waals surface area contributed by atoms with Crippen molar-refractivity contribution in [2.75, 3.05) is 13.1 Å². The van der Waals surface area contributed by atoms with Gasteiger partial charge in [-0.3, -0.25) is 20.6 Å². The molecule has 0 radical (unpaired) electrons. The standard InChI is InChI=1S/C26H52N10/c1-19(21-13-7-5-8-14-21)33-25(29)35-23(27)31-17-11-3-4-12-18-32-24(28)36-26(30)34-20(2)22-15-9-6-10-16-22/h19-22H,3-18H2,1-2H3,(H5,27,29,31,33,35)(H5,28,30,32,34,36). The van der Waals surface area contributed by atoms with Crippen molar-refractivity contribution in [3.63, 3.8) is 0 Å². The van der Waals surface area contributed by atoms with Crippen LogP contribution in [0.5, 0.6) is 0 Å². The molecule has 2 saturated carbocycles. The van der Waals surface area contributed by atoms with Gasteiger partial charge < -0.3 is 22.9 Å². The van der Waals surface area contributed by atoms with Crippen molar-refractivity contribution < 1.29 is 0 Å². The molecule has 2 fully saturated rings. The summed E-state index contributed by atoms with van der Waals surface area (Å²) in [5.74, 6) is 2.60. The molecular formula is C26H52N10. The van der Waals surface area contributed by atoms with Crippen LogP contribution in [-0.2, 0) is 0 Å². The van der Waals surface area contributed by atoms with Crippen molar-refractivity contribution in [3.8, 4) is 0 Å². The number of hydrogen-bond donors (Lipinski definition) is 6. The Balaban J connectivity index is 1.55. The summed E-state index contributed by atoms with van der Waals surface area (Å²) in [6.07, 6.45) is 16.8. The number of hydrogen-bond acceptors (Lipinski definition) is 4. The van der Waals surface area contributed by atoms with E-state index < -0.39 is 0 Å². The lowest BCUT2D eigenvalue weighted by Gasteiger charge is -2.25. The number of aliphatic imine (C=N–C) groups is 4. The zero-order valence-corrected chi connectivity index (χ0v) is 22.7. The molecule has 0 aromatic rings. The lowest BCUT2D eigenvalue weighted by Crippen LogP contribution is -2.42. The zero-order chi connectivity index (χ0) is 26.2. The maximum atomic E-state index is 6.01. The van der Waals surface area contributed by atoms with Gasteiger partial charge in [-0.2, -0.15) is 0 Å². The fraction of sp³-hybridized carbons (Fsp3) is 0.846.